The van der Waals surface area contributed by atoms with E-state index in [1.165, 1.54) is 98.3 Å². The predicted octanol–water partition coefficient (Wildman–Crippen LogP) is -4.71. The van der Waals surface area contributed by atoms with Gasteiger partial charge in [0.05, 0.1) is 0 Å². The first kappa shape index (κ1) is 26.1. The van der Waals surface area contributed by atoms with Gasteiger partial charge in [-0.3, -0.25) is 0 Å². The molecular formula is C32H28B8O. The molecule has 6 aromatic carbocycles. The van der Waals surface area contributed by atoms with Crippen LogP contribution in [0.1, 0.15) is 0 Å². The Balaban J connectivity index is 1.89. The molecule has 1 nitrogen and oxygen atoms in total. The number of hydrogen-bond donors (Lipinski definition) is 0. The van der Waals surface area contributed by atoms with Crippen LogP contribution >= 0.6 is 0 Å². The molecule has 0 aliphatic heterocycles. The number of furan rings is 1. The largest absolute Gasteiger partial charge is 0.456 e. The highest BCUT2D eigenvalue weighted by molar-refractivity contribution is 6.71. The van der Waals surface area contributed by atoms with E-state index in [9.17, 15) is 0 Å². The smallest absolute Gasteiger partial charge is 0.139 e. The standard InChI is InChI=1S/C32H28B8O/c33-25-21-18(13-7-2-1-3-8-13)22-24(28(36)32(40)30(38)26(22)34)20(23(21)27(35)31(39)29(25)37)15-10-6-12-17-19(15)14-9-4-5-11-16(14)41-17/h1-12H,33-40H2. The van der Waals surface area contributed by atoms with Crippen molar-refractivity contribution in [2.24, 2.45) is 0 Å². The first-order chi connectivity index (χ1) is 19.7. The van der Waals surface area contributed by atoms with Gasteiger partial charge in [0.25, 0.3) is 0 Å². The van der Waals surface area contributed by atoms with Crippen molar-refractivity contribution < 1.29 is 4.42 Å². The van der Waals surface area contributed by atoms with Crippen molar-refractivity contribution in [3.8, 4) is 22.3 Å². The van der Waals surface area contributed by atoms with Gasteiger partial charge >= 0.3 is 0 Å². The van der Waals surface area contributed by atoms with E-state index in [1.807, 2.05) is 0 Å². The quantitative estimate of drug-likeness (QED) is 0.167. The molecule has 0 fully saturated rings. The Morgan fingerprint density at radius 2 is 0.829 bits per heavy atom. The van der Waals surface area contributed by atoms with E-state index in [1.54, 1.807) is 0 Å². The van der Waals surface area contributed by atoms with Gasteiger partial charge in [-0.2, -0.15) is 0 Å². The second kappa shape index (κ2) is 9.35. The van der Waals surface area contributed by atoms with E-state index in [0.29, 0.717) is 0 Å². The van der Waals surface area contributed by atoms with Gasteiger partial charge in [-0.15, -0.1) is 21.9 Å². The molecule has 0 saturated carbocycles. The fourth-order valence-corrected chi connectivity index (χ4v) is 7.27. The van der Waals surface area contributed by atoms with E-state index in [0.717, 1.165) is 11.2 Å². The Hall–Kier alpha value is -3.84. The lowest BCUT2D eigenvalue weighted by atomic mass is 9.59. The third-order valence-corrected chi connectivity index (χ3v) is 10.1. The van der Waals surface area contributed by atoms with Crippen LogP contribution in [0.2, 0.25) is 0 Å². The predicted molar refractivity (Wildman–Crippen MR) is 205 cm³/mol. The Morgan fingerprint density at radius 3 is 1.39 bits per heavy atom. The third kappa shape index (κ3) is 3.54. The Kier molecular flexibility index (Phi) is 5.95. The van der Waals surface area contributed by atoms with Crippen molar-refractivity contribution in [2.75, 3.05) is 0 Å². The minimum atomic E-state index is 0.935. The highest BCUT2D eigenvalue weighted by atomic mass is 16.3. The number of benzene rings is 6. The van der Waals surface area contributed by atoms with Gasteiger partial charge < -0.3 is 4.42 Å². The van der Waals surface area contributed by atoms with Crippen molar-refractivity contribution in [1.29, 1.82) is 0 Å². The lowest BCUT2D eigenvalue weighted by Crippen LogP contribution is -2.50. The molecule has 0 aliphatic carbocycles. The second-order valence-electron chi connectivity index (χ2n) is 11.9. The molecule has 186 valence electrons. The average molecular weight is 515 g/mol. The summed E-state index contributed by atoms with van der Waals surface area (Å²) in [6, 6.07) is 26.1. The van der Waals surface area contributed by atoms with Crippen molar-refractivity contribution in [3.63, 3.8) is 0 Å². The number of para-hydroxylation sites is 1. The van der Waals surface area contributed by atoms with Gasteiger partial charge in [0.15, 0.2) is 0 Å². The first-order valence-electron chi connectivity index (χ1n) is 14.6. The number of fused-ring (bicyclic) bond motifs is 5. The van der Waals surface area contributed by atoms with Crippen LogP contribution in [0, 0.1) is 0 Å². The molecule has 1 aromatic heterocycles. The van der Waals surface area contributed by atoms with E-state index >= 15 is 0 Å². The molecule has 41 heavy (non-hydrogen) atoms. The molecule has 0 atom stereocenters. The maximum Gasteiger partial charge on any atom is 0.139 e. The molecule has 1 heterocycles. The van der Waals surface area contributed by atoms with E-state index in [4.69, 9.17) is 4.42 Å². The van der Waals surface area contributed by atoms with Crippen molar-refractivity contribution >= 4 is 150 Å². The summed E-state index contributed by atoms with van der Waals surface area (Å²) in [5.74, 6) is 0. The summed E-state index contributed by atoms with van der Waals surface area (Å²) in [4.78, 5) is 0. The normalized spacial score (nSPS) is 11.7. The Morgan fingerprint density at radius 1 is 0.366 bits per heavy atom. The zero-order valence-corrected chi connectivity index (χ0v) is 25.3. The van der Waals surface area contributed by atoms with E-state index in [2.05, 4.69) is 136 Å². The van der Waals surface area contributed by atoms with Gasteiger partial charge in [-0.05, 0) is 55.9 Å². The summed E-state index contributed by atoms with van der Waals surface area (Å²) in [7, 11) is 18.5. The van der Waals surface area contributed by atoms with Crippen LogP contribution in [-0.2, 0) is 0 Å². The van der Waals surface area contributed by atoms with E-state index in [-0.39, 0.29) is 0 Å². The van der Waals surface area contributed by atoms with Crippen molar-refractivity contribution in [2.45, 2.75) is 0 Å². The first-order valence-corrected chi connectivity index (χ1v) is 14.6. The van der Waals surface area contributed by atoms with Gasteiger partial charge in [-0.25, -0.2) is 0 Å². The number of rotatable bonds is 2. The molecule has 7 aromatic rings. The van der Waals surface area contributed by atoms with Crippen molar-refractivity contribution in [3.05, 3.63) is 72.8 Å². The zero-order valence-electron chi connectivity index (χ0n) is 25.3. The second-order valence-corrected chi connectivity index (χ2v) is 11.9. The summed E-state index contributed by atoms with van der Waals surface area (Å²) in [6.07, 6.45) is 0. The molecule has 0 aliphatic rings. The van der Waals surface area contributed by atoms with Crippen LogP contribution in [0.25, 0.3) is 65.7 Å². The Labute approximate surface area is 248 Å². The summed E-state index contributed by atoms with van der Waals surface area (Å²) in [5.41, 5.74) is 18.0. The summed E-state index contributed by atoms with van der Waals surface area (Å²) in [5, 5.41) is 7.83. The lowest BCUT2D eigenvalue weighted by molar-refractivity contribution is 0.669. The Bertz CT molecular complexity index is 2160. The minimum absolute atomic E-state index is 0.935. The maximum atomic E-state index is 6.43. The molecule has 7 rings (SSSR count). The third-order valence-electron chi connectivity index (χ3n) is 10.1. The highest BCUT2D eigenvalue weighted by Gasteiger charge is 2.26. The lowest BCUT2D eigenvalue weighted by Gasteiger charge is -2.28. The van der Waals surface area contributed by atoms with Crippen LogP contribution in [0.15, 0.2) is 77.2 Å². The fraction of sp³-hybridized carbons (Fsp3) is 0. The molecule has 0 radical (unpaired) electrons. The van der Waals surface area contributed by atoms with E-state index < -0.39 is 0 Å². The highest BCUT2D eigenvalue weighted by Crippen LogP contribution is 2.44. The van der Waals surface area contributed by atoms with Gasteiger partial charge in [0, 0.05) is 10.8 Å². The molecule has 0 bridgehead atoms. The van der Waals surface area contributed by atoms with Gasteiger partial charge in [0.2, 0.25) is 0 Å². The number of hydrogen-bond acceptors (Lipinski definition) is 1. The molecule has 0 unspecified atom stereocenters. The molecule has 9 heteroatoms. The topological polar surface area (TPSA) is 13.1 Å². The maximum absolute atomic E-state index is 6.43. The van der Waals surface area contributed by atoms with Crippen molar-refractivity contribution in [1.82, 2.24) is 0 Å². The summed E-state index contributed by atoms with van der Waals surface area (Å²) in [6.45, 7) is 0. The summed E-state index contributed by atoms with van der Waals surface area (Å²) >= 11 is 0. The van der Waals surface area contributed by atoms with Crippen LogP contribution in [0.3, 0.4) is 0 Å². The van der Waals surface area contributed by atoms with Gasteiger partial charge in [-0.1, -0.05) is 82.5 Å². The minimum Gasteiger partial charge on any atom is -0.456 e. The van der Waals surface area contributed by atoms with Gasteiger partial charge in [0.1, 0.15) is 73.9 Å². The van der Waals surface area contributed by atoms with Crippen LogP contribution < -0.4 is 43.7 Å². The monoisotopic (exact) mass is 516 g/mol. The van der Waals surface area contributed by atoms with Crippen LogP contribution in [-0.4, -0.2) is 62.8 Å². The fourth-order valence-electron chi connectivity index (χ4n) is 7.27. The molecule has 0 saturated heterocycles. The molecule has 0 spiro atoms. The van der Waals surface area contributed by atoms with Crippen LogP contribution in [0.5, 0.6) is 0 Å². The SMILES string of the molecule is Bc1c(B)c(B)c2c(-c3cccc4oc5ccccc5c34)c3c(B)c(B)c(B)c(B)c3c(-c3ccccc3)c2c1B. The summed E-state index contributed by atoms with van der Waals surface area (Å²) < 4.78 is 6.43. The zero-order chi connectivity index (χ0) is 28.7. The molecular weight excluding hydrogens is 487 g/mol. The molecule has 0 amide bonds. The average Bonchev–Trinajstić information content (AvgIpc) is 3.38. The molecule has 0 N–H and O–H groups in total. The van der Waals surface area contributed by atoms with Crippen LogP contribution in [0.4, 0.5) is 0 Å².